The summed E-state index contributed by atoms with van der Waals surface area (Å²) in [6.07, 6.45) is 0.290. The molecule has 42 heavy (non-hydrogen) atoms. The van der Waals surface area contributed by atoms with Crippen LogP contribution in [0.5, 0.6) is 5.75 Å². The summed E-state index contributed by atoms with van der Waals surface area (Å²) in [5.74, 6) is -0.120. The molecule has 9 heteroatoms. The molecule has 2 atom stereocenters. The number of amides is 2. The summed E-state index contributed by atoms with van der Waals surface area (Å²) in [5, 5.41) is 2.94. The summed E-state index contributed by atoms with van der Waals surface area (Å²) in [7, 11) is -3.76. The number of benzene rings is 4. The van der Waals surface area contributed by atoms with Crippen LogP contribution in [0.25, 0.3) is 0 Å². The predicted octanol–water partition coefficient (Wildman–Crippen LogP) is 4.59. The number of hydrogen-bond acceptors (Lipinski definition) is 5. The largest absolute Gasteiger partial charge is 0.477 e. The number of rotatable bonds is 7. The van der Waals surface area contributed by atoms with Gasteiger partial charge in [0.15, 0.2) is 6.10 Å². The standard InChI is InChI=1S/C33H31N3O5S/c1-23-20-26-21-25(16-17-28(26)36(23)42(39,40)27-12-6-3-7-13-27)33(38)35-22-31(41-30-15-9-8-14-29(30)35)32(37)34-19-18-24-10-4-2-5-11-24/h2-17,21,23,31H,18-20,22H2,1H3,(H,34,37)/t23-,31-/m0/s1. The first-order chi connectivity index (χ1) is 20.3. The molecule has 0 radical (unpaired) electrons. The third-order valence-corrected chi connectivity index (χ3v) is 9.59. The number of nitrogens with one attached hydrogen (secondary N) is 1. The highest BCUT2D eigenvalue weighted by molar-refractivity contribution is 7.92. The van der Waals surface area contributed by atoms with Gasteiger partial charge in [0, 0.05) is 18.2 Å². The summed E-state index contributed by atoms with van der Waals surface area (Å²) in [6, 6.07) is 30.2. The van der Waals surface area contributed by atoms with E-state index in [1.165, 1.54) is 4.31 Å². The molecule has 4 aromatic carbocycles. The Bertz CT molecular complexity index is 1730. The van der Waals surface area contributed by atoms with Crippen molar-refractivity contribution in [3.63, 3.8) is 0 Å². The number of anilines is 2. The zero-order valence-corrected chi connectivity index (χ0v) is 24.0. The van der Waals surface area contributed by atoms with Crippen molar-refractivity contribution in [2.75, 3.05) is 22.3 Å². The monoisotopic (exact) mass is 581 g/mol. The molecule has 0 fully saturated rings. The highest BCUT2D eigenvalue weighted by Crippen LogP contribution is 2.39. The maximum Gasteiger partial charge on any atom is 0.264 e. The van der Waals surface area contributed by atoms with Gasteiger partial charge in [-0.05, 0) is 73.4 Å². The van der Waals surface area contributed by atoms with Crippen LogP contribution >= 0.6 is 0 Å². The second kappa shape index (κ2) is 11.3. The van der Waals surface area contributed by atoms with E-state index < -0.39 is 16.1 Å². The number of carbonyl (C=O) groups excluding carboxylic acids is 2. The topological polar surface area (TPSA) is 96.0 Å². The lowest BCUT2D eigenvalue weighted by Gasteiger charge is -2.34. The van der Waals surface area contributed by atoms with Gasteiger partial charge in [-0.25, -0.2) is 8.42 Å². The van der Waals surface area contributed by atoms with Gasteiger partial charge in [-0.15, -0.1) is 0 Å². The van der Waals surface area contributed by atoms with Crippen LogP contribution in [-0.2, 0) is 27.7 Å². The van der Waals surface area contributed by atoms with Crippen molar-refractivity contribution < 1.29 is 22.7 Å². The Balaban J connectivity index is 1.22. The maximum absolute atomic E-state index is 13.9. The summed E-state index contributed by atoms with van der Waals surface area (Å²) in [4.78, 5) is 28.8. The Morgan fingerprint density at radius 3 is 2.33 bits per heavy atom. The van der Waals surface area contributed by atoms with Crippen molar-refractivity contribution >= 4 is 33.2 Å². The average Bonchev–Trinajstić information content (AvgIpc) is 3.36. The second-order valence-corrected chi connectivity index (χ2v) is 12.3. The van der Waals surface area contributed by atoms with Gasteiger partial charge < -0.3 is 15.0 Å². The molecule has 8 nitrogen and oxygen atoms in total. The maximum atomic E-state index is 13.9. The zero-order valence-electron chi connectivity index (χ0n) is 23.1. The van der Waals surface area contributed by atoms with Crippen molar-refractivity contribution in [1.82, 2.24) is 5.32 Å². The Kier molecular flexibility index (Phi) is 7.43. The molecule has 4 aromatic rings. The second-order valence-electron chi connectivity index (χ2n) is 10.5. The van der Waals surface area contributed by atoms with E-state index >= 15 is 0 Å². The van der Waals surface area contributed by atoms with Crippen LogP contribution in [0.15, 0.2) is 108 Å². The number of nitrogens with zero attached hydrogens (tertiary/aromatic N) is 2. The molecular formula is C33H31N3O5S. The lowest BCUT2D eigenvalue weighted by Crippen LogP contribution is -2.51. The smallest absolute Gasteiger partial charge is 0.264 e. The van der Waals surface area contributed by atoms with Crippen LogP contribution in [0.2, 0.25) is 0 Å². The summed E-state index contributed by atoms with van der Waals surface area (Å²) in [5.41, 5.74) is 3.47. The van der Waals surface area contributed by atoms with Gasteiger partial charge in [0.05, 0.1) is 22.8 Å². The van der Waals surface area contributed by atoms with Gasteiger partial charge in [-0.3, -0.25) is 13.9 Å². The van der Waals surface area contributed by atoms with Crippen molar-refractivity contribution in [2.24, 2.45) is 0 Å². The van der Waals surface area contributed by atoms with Crippen LogP contribution in [0.1, 0.15) is 28.4 Å². The van der Waals surface area contributed by atoms with Crippen LogP contribution in [0.4, 0.5) is 11.4 Å². The average molecular weight is 582 g/mol. The molecule has 0 unspecified atom stereocenters. The van der Waals surface area contributed by atoms with E-state index in [-0.39, 0.29) is 29.3 Å². The highest BCUT2D eigenvalue weighted by Gasteiger charge is 2.38. The molecule has 0 aromatic heterocycles. The van der Waals surface area contributed by atoms with Crippen molar-refractivity contribution in [2.45, 2.75) is 36.8 Å². The van der Waals surface area contributed by atoms with Gasteiger partial charge in [-0.1, -0.05) is 60.7 Å². The van der Waals surface area contributed by atoms with Crippen molar-refractivity contribution in [3.8, 4) is 5.75 Å². The quantitative estimate of drug-likeness (QED) is 0.344. The zero-order chi connectivity index (χ0) is 29.3. The van der Waals surface area contributed by atoms with E-state index in [4.69, 9.17) is 4.74 Å². The molecule has 214 valence electrons. The first kappa shape index (κ1) is 27.5. The molecule has 0 saturated heterocycles. The SMILES string of the molecule is C[C@H]1Cc2cc(C(=O)N3C[C@@H](C(=O)NCCc4ccccc4)Oc4ccccc43)ccc2N1S(=O)(=O)c1ccccc1. The van der Waals surface area contributed by atoms with Crippen molar-refractivity contribution in [1.29, 1.82) is 0 Å². The molecule has 2 amide bonds. The molecule has 2 aliphatic rings. The van der Waals surface area contributed by atoms with Gasteiger partial charge in [0.2, 0.25) is 0 Å². The number of hydrogen-bond donors (Lipinski definition) is 1. The van der Waals surface area contributed by atoms with E-state index in [0.717, 1.165) is 11.1 Å². The fourth-order valence-electron chi connectivity index (χ4n) is 5.62. The van der Waals surface area contributed by atoms with E-state index in [9.17, 15) is 18.0 Å². The summed E-state index contributed by atoms with van der Waals surface area (Å²) in [6.45, 7) is 2.36. The minimum atomic E-state index is -3.76. The Morgan fingerprint density at radius 1 is 0.881 bits per heavy atom. The van der Waals surface area contributed by atoms with E-state index in [2.05, 4.69) is 5.32 Å². The Morgan fingerprint density at radius 2 is 1.57 bits per heavy atom. The molecule has 2 heterocycles. The molecular weight excluding hydrogens is 550 g/mol. The lowest BCUT2D eigenvalue weighted by atomic mass is 10.0. The summed E-state index contributed by atoms with van der Waals surface area (Å²) < 4.78 is 34.4. The first-order valence-corrected chi connectivity index (χ1v) is 15.4. The Labute approximate surface area is 245 Å². The van der Waals surface area contributed by atoms with Crippen molar-refractivity contribution in [3.05, 3.63) is 120 Å². The molecule has 0 bridgehead atoms. The molecule has 0 aliphatic carbocycles. The summed E-state index contributed by atoms with van der Waals surface area (Å²) >= 11 is 0. The molecule has 6 rings (SSSR count). The minimum absolute atomic E-state index is 0.0506. The number of para-hydroxylation sites is 2. The number of carbonyl (C=O) groups is 2. The normalized spacial score (nSPS) is 17.6. The number of sulfonamides is 1. The van der Waals surface area contributed by atoms with Crippen LogP contribution < -0.4 is 19.3 Å². The molecule has 0 spiro atoms. The highest BCUT2D eigenvalue weighted by atomic mass is 32.2. The third kappa shape index (κ3) is 5.23. The van der Waals surface area contributed by atoms with E-state index in [0.29, 0.717) is 42.1 Å². The van der Waals surface area contributed by atoms with Crippen LogP contribution in [-0.4, -0.2) is 45.5 Å². The number of fused-ring (bicyclic) bond motifs is 2. The van der Waals surface area contributed by atoms with E-state index in [1.807, 2.05) is 43.3 Å². The number of ether oxygens (including phenoxy) is 1. The first-order valence-electron chi connectivity index (χ1n) is 13.9. The molecule has 1 N–H and O–H groups in total. The Hall–Kier alpha value is -4.63. The van der Waals surface area contributed by atoms with Crippen LogP contribution in [0.3, 0.4) is 0 Å². The lowest BCUT2D eigenvalue weighted by molar-refractivity contribution is -0.127. The van der Waals surface area contributed by atoms with Crippen LogP contribution in [0, 0.1) is 0 Å². The van der Waals surface area contributed by atoms with Gasteiger partial charge in [0.25, 0.3) is 21.8 Å². The van der Waals surface area contributed by atoms with Gasteiger partial charge in [0.1, 0.15) is 5.75 Å². The minimum Gasteiger partial charge on any atom is -0.477 e. The van der Waals surface area contributed by atoms with Gasteiger partial charge in [-0.2, -0.15) is 0 Å². The third-order valence-electron chi connectivity index (χ3n) is 7.65. The predicted molar refractivity (Wildman–Crippen MR) is 161 cm³/mol. The fourth-order valence-corrected chi connectivity index (χ4v) is 7.33. The van der Waals surface area contributed by atoms with E-state index in [1.54, 1.807) is 71.6 Å². The fraction of sp³-hybridized carbons (Fsp3) is 0.212. The molecule has 2 aliphatic heterocycles. The molecule has 0 saturated carbocycles. The van der Waals surface area contributed by atoms with Gasteiger partial charge >= 0.3 is 0 Å².